The van der Waals surface area contributed by atoms with E-state index >= 15 is 0 Å². The third-order valence-corrected chi connectivity index (χ3v) is 2.48. The van der Waals surface area contributed by atoms with Gasteiger partial charge in [0.2, 0.25) is 0 Å². The molecule has 1 rings (SSSR count). The Labute approximate surface area is 103 Å². The van der Waals surface area contributed by atoms with Gasteiger partial charge in [0, 0.05) is 19.2 Å². The Morgan fingerprint density at radius 2 is 1.94 bits per heavy atom. The van der Waals surface area contributed by atoms with Crippen molar-refractivity contribution in [3.8, 4) is 5.75 Å². The fourth-order valence-corrected chi connectivity index (χ4v) is 1.65. The van der Waals surface area contributed by atoms with Crippen molar-refractivity contribution in [1.82, 2.24) is 5.32 Å². The number of ether oxygens (including phenoxy) is 3. The van der Waals surface area contributed by atoms with Gasteiger partial charge < -0.3 is 19.5 Å². The van der Waals surface area contributed by atoms with E-state index in [0.717, 1.165) is 17.9 Å². The Kier molecular flexibility index (Phi) is 6.62. The third-order valence-electron chi connectivity index (χ3n) is 2.48. The summed E-state index contributed by atoms with van der Waals surface area (Å²) in [6.07, 6.45) is -0.0219. The number of rotatable bonds is 8. The van der Waals surface area contributed by atoms with Gasteiger partial charge in [-0.3, -0.25) is 0 Å². The van der Waals surface area contributed by atoms with Crippen LogP contribution in [0.25, 0.3) is 0 Å². The van der Waals surface area contributed by atoms with Crippen LogP contribution in [0.1, 0.15) is 11.7 Å². The molecule has 0 radical (unpaired) electrons. The van der Waals surface area contributed by atoms with Crippen LogP contribution >= 0.6 is 0 Å². The molecule has 0 aromatic heterocycles. The second-order valence-electron chi connectivity index (χ2n) is 3.65. The summed E-state index contributed by atoms with van der Waals surface area (Å²) in [7, 11) is 5.24. The van der Waals surface area contributed by atoms with Crippen molar-refractivity contribution in [2.24, 2.45) is 0 Å². The molecule has 0 bridgehead atoms. The summed E-state index contributed by atoms with van der Waals surface area (Å²) in [5.74, 6) is 0.852. The second-order valence-corrected chi connectivity index (χ2v) is 3.65. The van der Waals surface area contributed by atoms with E-state index in [4.69, 9.17) is 14.2 Å². The highest BCUT2D eigenvalue weighted by molar-refractivity contribution is 5.35. The van der Waals surface area contributed by atoms with Crippen molar-refractivity contribution in [2.75, 3.05) is 41.0 Å². The maximum Gasteiger partial charge on any atom is 0.124 e. The zero-order valence-electron chi connectivity index (χ0n) is 10.7. The standard InChI is InChI=1S/C13H21NO3/c1-14-10-13(17-9-8-15-2)11-6-4-5-7-12(11)16-3/h4-7,13-14H,8-10H2,1-3H3. The van der Waals surface area contributed by atoms with Crippen molar-refractivity contribution >= 4 is 0 Å². The minimum atomic E-state index is -0.0219. The number of methoxy groups -OCH3 is 2. The van der Waals surface area contributed by atoms with E-state index in [2.05, 4.69) is 5.32 Å². The van der Waals surface area contributed by atoms with Crippen molar-refractivity contribution in [3.63, 3.8) is 0 Å². The van der Waals surface area contributed by atoms with E-state index in [-0.39, 0.29) is 6.10 Å². The summed E-state index contributed by atoms with van der Waals surface area (Å²) < 4.78 is 16.1. The van der Waals surface area contributed by atoms with Crippen LogP contribution in [0.2, 0.25) is 0 Å². The molecule has 1 N–H and O–H groups in total. The first-order valence-electron chi connectivity index (χ1n) is 5.71. The van der Waals surface area contributed by atoms with Gasteiger partial charge in [-0.1, -0.05) is 18.2 Å². The molecule has 1 atom stereocenters. The second kappa shape index (κ2) is 8.06. The molecule has 0 fully saturated rings. The highest BCUT2D eigenvalue weighted by Gasteiger charge is 2.15. The number of para-hydroxylation sites is 1. The zero-order chi connectivity index (χ0) is 12.5. The van der Waals surface area contributed by atoms with Crippen molar-refractivity contribution in [1.29, 1.82) is 0 Å². The predicted octanol–water partition coefficient (Wildman–Crippen LogP) is 1.62. The molecular weight excluding hydrogens is 218 g/mol. The first kappa shape index (κ1) is 14.0. The number of nitrogens with one attached hydrogen (secondary N) is 1. The van der Waals surface area contributed by atoms with Gasteiger partial charge in [0.05, 0.1) is 26.4 Å². The van der Waals surface area contributed by atoms with E-state index < -0.39 is 0 Å². The molecule has 0 saturated heterocycles. The Morgan fingerprint density at radius 3 is 2.59 bits per heavy atom. The quantitative estimate of drug-likeness (QED) is 0.700. The van der Waals surface area contributed by atoms with Gasteiger partial charge in [0.25, 0.3) is 0 Å². The van der Waals surface area contributed by atoms with Crippen molar-refractivity contribution in [3.05, 3.63) is 29.8 Å². The molecule has 0 spiro atoms. The van der Waals surface area contributed by atoms with Gasteiger partial charge >= 0.3 is 0 Å². The topological polar surface area (TPSA) is 39.7 Å². The third kappa shape index (κ3) is 4.34. The summed E-state index contributed by atoms with van der Waals surface area (Å²) in [6, 6.07) is 7.90. The van der Waals surface area contributed by atoms with Gasteiger partial charge in [0.15, 0.2) is 0 Å². The molecule has 1 aromatic carbocycles. The molecule has 1 unspecified atom stereocenters. The summed E-state index contributed by atoms with van der Waals surface area (Å²) in [5.41, 5.74) is 1.06. The number of benzene rings is 1. The van der Waals surface area contributed by atoms with Crippen LogP contribution in [0.3, 0.4) is 0 Å². The maximum atomic E-state index is 5.78. The fourth-order valence-electron chi connectivity index (χ4n) is 1.65. The average molecular weight is 239 g/mol. The molecule has 4 nitrogen and oxygen atoms in total. The lowest BCUT2D eigenvalue weighted by Crippen LogP contribution is -2.21. The fraction of sp³-hybridized carbons (Fsp3) is 0.538. The van der Waals surface area contributed by atoms with Gasteiger partial charge in [-0.2, -0.15) is 0 Å². The van der Waals surface area contributed by atoms with Gasteiger partial charge in [-0.15, -0.1) is 0 Å². The molecular formula is C13H21NO3. The van der Waals surface area contributed by atoms with E-state index in [1.165, 1.54) is 0 Å². The lowest BCUT2D eigenvalue weighted by Gasteiger charge is -2.20. The molecule has 0 saturated carbocycles. The monoisotopic (exact) mass is 239 g/mol. The van der Waals surface area contributed by atoms with Crippen molar-refractivity contribution < 1.29 is 14.2 Å². The summed E-state index contributed by atoms with van der Waals surface area (Å²) in [5, 5.41) is 3.12. The average Bonchev–Trinajstić information content (AvgIpc) is 2.38. The molecule has 1 aromatic rings. The predicted molar refractivity (Wildman–Crippen MR) is 67.5 cm³/mol. The van der Waals surface area contributed by atoms with Crippen LogP contribution in [-0.4, -0.2) is 41.0 Å². The summed E-state index contributed by atoms with van der Waals surface area (Å²) in [4.78, 5) is 0. The van der Waals surface area contributed by atoms with E-state index in [1.54, 1.807) is 14.2 Å². The Morgan fingerprint density at radius 1 is 1.18 bits per heavy atom. The first-order valence-corrected chi connectivity index (χ1v) is 5.71. The highest BCUT2D eigenvalue weighted by atomic mass is 16.5. The molecule has 0 heterocycles. The normalized spacial score (nSPS) is 12.4. The zero-order valence-corrected chi connectivity index (χ0v) is 10.7. The minimum Gasteiger partial charge on any atom is -0.496 e. The number of hydrogen-bond donors (Lipinski definition) is 1. The van der Waals surface area contributed by atoms with Crippen LogP contribution in [0.4, 0.5) is 0 Å². The highest BCUT2D eigenvalue weighted by Crippen LogP contribution is 2.26. The van der Waals surface area contributed by atoms with E-state index in [0.29, 0.717) is 13.2 Å². The molecule has 0 aliphatic carbocycles. The lowest BCUT2D eigenvalue weighted by atomic mass is 10.1. The lowest BCUT2D eigenvalue weighted by molar-refractivity contribution is 0.0164. The van der Waals surface area contributed by atoms with Crippen LogP contribution in [0.5, 0.6) is 5.75 Å². The van der Waals surface area contributed by atoms with Gasteiger partial charge in [0.1, 0.15) is 5.75 Å². The molecule has 4 heteroatoms. The van der Waals surface area contributed by atoms with E-state index in [9.17, 15) is 0 Å². The largest absolute Gasteiger partial charge is 0.496 e. The molecule has 96 valence electrons. The molecule has 0 amide bonds. The summed E-state index contributed by atoms with van der Waals surface area (Å²) >= 11 is 0. The summed E-state index contributed by atoms with van der Waals surface area (Å²) in [6.45, 7) is 1.90. The van der Waals surface area contributed by atoms with Crippen LogP contribution in [-0.2, 0) is 9.47 Å². The Hall–Kier alpha value is -1.10. The van der Waals surface area contributed by atoms with Crippen LogP contribution in [0.15, 0.2) is 24.3 Å². The number of hydrogen-bond acceptors (Lipinski definition) is 4. The number of likely N-dealkylation sites (N-methyl/N-ethyl adjacent to an activating group) is 1. The minimum absolute atomic E-state index is 0.0219. The Balaban J connectivity index is 2.73. The molecule has 0 aliphatic rings. The van der Waals surface area contributed by atoms with Gasteiger partial charge in [-0.05, 0) is 13.1 Å². The van der Waals surface area contributed by atoms with E-state index in [1.807, 2.05) is 31.3 Å². The SMILES string of the molecule is CNCC(OCCOC)c1ccccc1OC. The van der Waals surface area contributed by atoms with Crippen LogP contribution < -0.4 is 10.1 Å². The molecule has 0 aliphatic heterocycles. The molecule has 17 heavy (non-hydrogen) atoms. The smallest absolute Gasteiger partial charge is 0.124 e. The van der Waals surface area contributed by atoms with Crippen molar-refractivity contribution in [2.45, 2.75) is 6.10 Å². The van der Waals surface area contributed by atoms with Gasteiger partial charge in [-0.25, -0.2) is 0 Å². The van der Waals surface area contributed by atoms with Crippen LogP contribution in [0, 0.1) is 0 Å². The first-order chi connectivity index (χ1) is 8.33. The Bertz CT molecular complexity index is 317. The maximum absolute atomic E-state index is 5.78.